The number of carboxylic acids is 1. The van der Waals surface area contributed by atoms with Crippen LogP contribution in [0.3, 0.4) is 0 Å². The van der Waals surface area contributed by atoms with Crippen LogP contribution in [-0.2, 0) is 24.3 Å². The summed E-state index contributed by atoms with van der Waals surface area (Å²) in [5.74, 6) is -1.16. The van der Waals surface area contributed by atoms with Gasteiger partial charge < -0.3 is 19.2 Å². The van der Waals surface area contributed by atoms with Crippen molar-refractivity contribution in [3.8, 4) is 5.75 Å². The topological polar surface area (TPSA) is 96.1 Å². The van der Waals surface area contributed by atoms with Crippen LogP contribution in [0.1, 0.15) is 47.5 Å². The number of methoxy groups -OCH3 is 1. The molecule has 1 aromatic carbocycles. The van der Waals surface area contributed by atoms with Crippen molar-refractivity contribution in [1.82, 2.24) is 14.8 Å². The zero-order valence-electron chi connectivity index (χ0n) is 19.4. The van der Waals surface area contributed by atoms with E-state index in [2.05, 4.69) is 16.8 Å². The molecule has 1 fully saturated rings. The van der Waals surface area contributed by atoms with Crippen LogP contribution >= 0.6 is 0 Å². The van der Waals surface area contributed by atoms with Crippen LogP contribution < -0.4 is 4.74 Å². The highest BCUT2D eigenvalue weighted by Gasteiger charge is 2.38. The third-order valence-corrected chi connectivity index (χ3v) is 5.83. The molecule has 8 nitrogen and oxygen atoms in total. The highest BCUT2D eigenvalue weighted by Crippen LogP contribution is 2.25. The minimum Gasteiger partial charge on any atom is -0.497 e. The number of amides is 1. The normalized spacial score (nSPS) is 18.3. The minimum absolute atomic E-state index is 0.117. The largest absolute Gasteiger partial charge is 0.497 e. The Labute approximate surface area is 199 Å². The van der Waals surface area contributed by atoms with Gasteiger partial charge in [0.05, 0.1) is 12.8 Å². The molecule has 1 atom stereocenters. The van der Waals surface area contributed by atoms with Gasteiger partial charge in [-0.3, -0.25) is 9.69 Å². The fraction of sp³-hybridized carbons (Fsp3) is 0.522. The van der Waals surface area contributed by atoms with Crippen LogP contribution in [-0.4, -0.2) is 64.7 Å². The molecule has 4 rings (SSSR count). The Morgan fingerprint density at radius 2 is 2.00 bits per heavy atom. The molecular weight excluding hydrogens is 474 g/mol. The second-order valence-corrected chi connectivity index (χ2v) is 8.61. The second-order valence-electron chi connectivity index (χ2n) is 8.61. The van der Waals surface area contributed by atoms with Crippen LogP contribution in [0, 0.1) is 11.7 Å². The zero-order chi connectivity index (χ0) is 25.8. The first-order chi connectivity index (χ1) is 16.5. The number of rotatable bonds is 4. The Balaban J connectivity index is 0.000000429. The number of aromatic nitrogens is 1. The molecule has 1 aromatic heterocycles. The van der Waals surface area contributed by atoms with Gasteiger partial charge >= 0.3 is 18.1 Å². The maximum absolute atomic E-state index is 14.2. The van der Waals surface area contributed by atoms with E-state index in [4.69, 9.17) is 19.1 Å². The van der Waals surface area contributed by atoms with Gasteiger partial charge in [0.1, 0.15) is 17.3 Å². The number of piperidine rings is 1. The molecular formula is C23H27F4N3O5. The van der Waals surface area contributed by atoms with E-state index in [1.54, 1.807) is 12.1 Å². The van der Waals surface area contributed by atoms with Gasteiger partial charge in [0.15, 0.2) is 0 Å². The molecule has 0 bridgehead atoms. The van der Waals surface area contributed by atoms with Crippen molar-refractivity contribution in [2.45, 2.75) is 45.5 Å². The summed E-state index contributed by atoms with van der Waals surface area (Å²) < 4.78 is 56.8. The molecule has 0 spiro atoms. The molecule has 2 aliphatic heterocycles. The van der Waals surface area contributed by atoms with Gasteiger partial charge in [0, 0.05) is 50.8 Å². The molecule has 1 unspecified atom stereocenters. The van der Waals surface area contributed by atoms with E-state index in [1.807, 2.05) is 4.90 Å². The lowest BCUT2D eigenvalue weighted by Crippen LogP contribution is -2.39. The Kier molecular flexibility index (Phi) is 8.36. The van der Waals surface area contributed by atoms with Crippen LogP contribution in [0.2, 0.25) is 0 Å². The van der Waals surface area contributed by atoms with Gasteiger partial charge in [0.2, 0.25) is 0 Å². The highest BCUT2D eigenvalue weighted by molar-refractivity contribution is 5.89. The van der Waals surface area contributed by atoms with Crippen LogP contribution in [0.25, 0.3) is 0 Å². The number of halogens is 4. The summed E-state index contributed by atoms with van der Waals surface area (Å²) in [7, 11) is 1.52. The number of aliphatic carboxylic acids is 1. The zero-order valence-corrected chi connectivity index (χ0v) is 19.4. The van der Waals surface area contributed by atoms with E-state index in [-0.39, 0.29) is 17.6 Å². The number of carboxylic acid groups (broad SMARTS) is 1. The lowest BCUT2D eigenvalue weighted by Gasteiger charge is -2.29. The summed E-state index contributed by atoms with van der Waals surface area (Å²) in [4.78, 5) is 30.1. The number of ether oxygens (including phenoxy) is 1. The summed E-state index contributed by atoms with van der Waals surface area (Å²) in [6, 6.07) is 4.91. The average molecular weight is 501 g/mol. The monoisotopic (exact) mass is 501 g/mol. The summed E-state index contributed by atoms with van der Waals surface area (Å²) in [5.41, 5.74) is 1.40. The second kappa shape index (κ2) is 11.1. The van der Waals surface area contributed by atoms with Crippen molar-refractivity contribution >= 4 is 11.9 Å². The molecule has 0 radical (unpaired) electrons. The van der Waals surface area contributed by atoms with Gasteiger partial charge in [0.25, 0.3) is 5.89 Å². The van der Waals surface area contributed by atoms with Gasteiger partial charge in [-0.05, 0) is 24.8 Å². The quantitative estimate of drug-likeness (QED) is 0.635. The maximum Gasteiger partial charge on any atom is 0.490 e. The Bertz CT molecular complexity index is 1060. The molecule has 192 valence electrons. The number of oxazole rings is 1. The van der Waals surface area contributed by atoms with Crippen molar-refractivity contribution < 1.29 is 41.4 Å². The maximum atomic E-state index is 14.2. The predicted molar refractivity (Wildman–Crippen MR) is 115 cm³/mol. The van der Waals surface area contributed by atoms with Crippen molar-refractivity contribution in [3.63, 3.8) is 0 Å². The number of carbonyl (C=O) groups is 2. The van der Waals surface area contributed by atoms with Gasteiger partial charge in [-0.25, -0.2) is 14.2 Å². The van der Waals surface area contributed by atoms with E-state index >= 15 is 0 Å². The predicted octanol–water partition coefficient (Wildman–Crippen LogP) is 3.89. The lowest BCUT2D eigenvalue weighted by molar-refractivity contribution is -0.192. The van der Waals surface area contributed by atoms with Crippen LogP contribution in [0.5, 0.6) is 5.75 Å². The number of likely N-dealkylation sites (tertiary alicyclic amines) is 1. The molecule has 0 saturated carbocycles. The van der Waals surface area contributed by atoms with E-state index in [0.29, 0.717) is 36.7 Å². The van der Waals surface area contributed by atoms with Crippen molar-refractivity contribution in [2.75, 3.05) is 26.7 Å². The third-order valence-electron chi connectivity index (χ3n) is 5.83. The molecule has 2 aliphatic rings. The summed E-state index contributed by atoms with van der Waals surface area (Å²) in [6.07, 6.45) is -2.24. The minimum atomic E-state index is -5.08. The smallest absolute Gasteiger partial charge is 0.490 e. The lowest BCUT2D eigenvalue weighted by atomic mass is 10.0. The van der Waals surface area contributed by atoms with E-state index in [0.717, 1.165) is 43.9 Å². The first kappa shape index (κ1) is 26.5. The average Bonchev–Trinajstić information content (AvgIpc) is 3.23. The van der Waals surface area contributed by atoms with Crippen molar-refractivity contribution in [2.24, 2.45) is 5.92 Å². The standard InChI is InChI=1S/C21H26FN3O3.C2HF3O2/c1-14-4-3-8-25(11-14)21(26)20-23-18-13-24(9-7-19(18)28-20)12-15-5-6-16(27-2)10-17(15)22;3-2(4,5)1(6)7/h5-6,10,14H,3-4,7-9,11-13H2,1-2H3;(H,6,7). The van der Waals surface area contributed by atoms with Crippen LogP contribution in [0.15, 0.2) is 22.6 Å². The number of hydrogen-bond donors (Lipinski definition) is 1. The first-order valence-corrected chi connectivity index (χ1v) is 11.1. The van der Waals surface area contributed by atoms with E-state index in [1.165, 1.54) is 13.2 Å². The van der Waals surface area contributed by atoms with Gasteiger partial charge in [-0.15, -0.1) is 0 Å². The highest BCUT2D eigenvalue weighted by atomic mass is 19.4. The number of benzene rings is 1. The molecule has 1 amide bonds. The van der Waals surface area contributed by atoms with Crippen molar-refractivity contribution in [3.05, 3.63) is 46.9 Å². The van der Waals surface area contributed by atoms with E-state index < -0.39 is 12.1 Å². The Morgan fingerprint density at radius 1 is 1.29 bits per heavy atom. The van der Waals surface area contributed by atoms with E-state index in [9.17, 15) is 22.4 Å². The Morgan fingerprint density at radius 3 is 2.60 bits per heavy atom. The summed E-state index contributed by atoms with van der Waals surface area (Å²) in [5, 5.41) is 7.12. The molecule has 35 heavy (non-hydrogen) atoms. The Hall–Kier alpha value is -3.15. The number of fused-ring (bicyclic) bond motifs is 1. The molecule has 12 heteroatoms. The van der Waals surface area contributed by atoms with Gasteiger partial charge in [-0.1, -0.05) is 13.0 Å². The fourth-order valence-corrected chi connectivity index (χ4v) is 4.01. The molecule has 3 heterocycles. The van der Waals surface area contributed by atoms with Crippen molar-refractivity contribution in [1.29, 1.82) is 0 Å². The summed E-state index contributed by atoms with van der Waals surface area (Å²) >= 11 is 0. The number of nitrogens with zero attached hydrogens (tertiary/aromatic N) is 3. The van der Waals surface area contributed by atoms with Gasteiger partial charge in [-0.2, -0.15) is 13.2 Å². The third kappa shape index (κ3) is 6.93. The summed E-state index contributed by atoms with van der Waals surface area (Å²) in [6.45, 7) is 5.45. The number of alkyl halides is 3. The SMILES string of the molecule is COc1ccc(CN2CCc3oc(C(=O)N4CCCC(C)C4)nc3C2)c(F)c1.O=C(O)C(F)(F)F. The number of carbonyl (C=O) groups excluding carboxylic acids is 1. The number of hydrogen-bond acceptors (Lipinski definition) is 6. The molecule has 0 aliphatic carbocycles. The molecule has 1 N–H and O–H groups in total. The first-order valence-electron chi connectivity index (χ1n) is 11.1. The van der Waals surface area contributed by atoms with Crippen LogP contribution in [0.4, 0.5) is 17.6 Å². The fourth-order valence-electron chi connectivity index (χ4n) is 4.01. The molecule has 2 aromatic rings. The molecule has 1 saturated heterocycles.